The first-order chi connectivity index (χ1) is 17.1. The summed E-state index contributed by atoms with van der Waals surface area (Å²) in [5.41, 5.74) is 4.13. The number of benzene rings is 3. The van der Waals surface area contributed by atoms with Crippen LogP contribution in [0.4, 0.5) is 8.78 Å². The Hall–Kier alpha value is -3.71. The summed E-state index contributed by atoms with van der Waals surface area (Å²) in [5.74, 6) is -0.854. The molecule has 0 aliphatic carbocycles. The summed E-state index contributed by atoms with van der Waals surface area (Å²) in [5, 5.41) is 3.00. The standard InChI is InChI=1S/C28H26F2N4O/c29-22-9-4-19(5-10-22)26-27(20-6-11-23(30)12-7-20)33-25-18-21(8-13-24(25)32-26)28(35)31-14-17-34-15-2-1-3-16-34/h4-13,18H,1-3,14-17H2,(H,31,35). The van der Waals surface area contributed by atoms with Gasteiger partial charge in [0.2, 0.25) is 0 Å². The Morgan fingerprint density at radius 2 is 1.34 bits per heavy atom. The highest BCUT2D eigenvalue weighted by atomic mass is 19.1. The van der Waals surface area contributed by atoms with E-state index in [9.17, 15) is 13.6 Å². The first kappa shape index (κ1) is 23.1. The third-order valence-corrected chi connectivity index (χ3v) is 6.32. The number of likely N-dealkylation sites (tertiary alicyclic amines) is 1. The van der Waals surface area contributed by atoms with Crippen molar-refractivity contribution >= 4 is 16.9 Å². The van der Waals surface area contributed by atoms with Gasteiger partial charge in [0.15, 0.2) is 0 Å². The van der Waals surface area contributed by atoms with Crippen LogP contribution in [0, 0.1) is 11.6 Å². The maximum atomic E-state index is 13.6. The lowest BCUT2D eigenvalue weighted by atomic mass is 10.0. The molecule has 0 bridgehead atoms. The van der Waals surface area contributed by atoms with E-state index in [4.69, 9.17) is 9.97 Å². The summed E-state index contributed by atoms with van der Waals surface area (Å²) >= 11 is 0. The van der Waals surface area contributed by atoms with Gasteiger partial charge >= 0.3 is 0 Å². The number of nitrogens with one attached hydrogen (secondary N) is 1. The molecule has 1 N–H and O–H groups in total. The Kier molecular flexibility index (Phi) is 6.77. The lowest BCUT2D eigenvalue weighted by Crippen LogP contribution is -2.37. The monoisotopic (exact) mass is 472 g/mol. The van der Waals surface area contributed by atoms with Crippen molar-refractivity contribution in [3.8, 4) is 22.5 Å². The molecule has 7 heteroatoms. The van der Waals surface area contributed by atoms with Crippen LogP contribution < -0.4 is 5.32 Å². The van der Waals surface area contributed by atoms with Gasteiger partial charge in [-0.05, 0) is 92.7 Å². The van der Waals surface area contributed by atoms with Crippen molar-refractivity contribution in [3.05, 3.63) is 83.9 Å². The fourth-order valence-corrected chi connectivity index (χ4v) is 4.43. The molecule has 1 saturated heterocycles. The van der Waals surface area contributed by atoms with Crippen molar-refractivity contribution in [3.63, 3.8) is 0 Å². The number of carbonyl (C=O) groups is 1. The minimum absolute atomic E-state index is 0.156. The van der Waals surface area contributed by atoms with Gasteiger partial charge in [-0.3, -0.25) is 4.79 Å². The van der Waals surface area contributed by atoms with Crippen LogP contribution in [0.5, 0.6) is 0 Å². The SMILES string of the molecule is O=C(NCCN1CCCCC1)c1ccc2nc(-c3ccc(F)cc3)c(-c3ccc(F)cc3)nc2c1. The number of fused-ring (bicyclic) bond motifs is 1. The van der Waals surface area contributed by atoms with Gasteiger partial charge in [-0.25, -0.2) is 18.7 Å². The highest BCUT2D eigenvalue weighted by Crippen LogP contribution is 2.31. The van der Waals surface area contributed by atoms with E-state index in [2.05, 4.69) is 10.2 Å². The smallest absolute Gasteiger partial charge is 0.251 e. The van der Waals surface area contributed by atoms with Gasteiger partial charge in [0.05, 0.1) is 22.4 Å². The van der Waals surface area contributed by atoms with Crippen molar-refractivity contribution in [2.24, 2.45) is 0 Å². The summed E-state index contributed by atoms with van der Waals surface area (Å²) in [6, 6.07) is 17.2. The largest absolute Gasteiger partial charge is 0.351 e. The van der Waals surface area contributed by atoms with Crippen LogP contribution in [-0.4, -0.2) is 47.0 Å². The van der Waals surface area contributed by atoms with Crippen LogP contribution in [-0.2, 0) is 0 Å². The molecule has 5 nitrogen and oxygen atoms in total. The van der Waals surface area contributed by atoms with Crippen molar-refractivity contribution in [1.82, 2.24) is 20.2 Å². The number of hydrogen-bond acceptors (Lipinski definition) is 4. The van der Waals surface area contributed by atoms with Crippen LogP contribution >= 0.6 is 0 Å². The van der Waals surface area contributed by atoms with E-state index in [1.807, 2.05) is 0 Å². The molecule has 0 saturated carbocycles. The van der Waals surface area contributed by atoms with Crippen LogP contribution in [0.25, 0.3) is 33.5 Å². The Morgan fingerprint density at radius 3 is 1.94 bits per heavy atom. The molecule has 35 heavy (non-hydrogen) atoms. The van der Waals surface area contributed by atoms with Crippen LogP contribution in [0.15, 0.2) is 66.7 Å². The lowest BCUT2D eigenvalue weighted by Gasteiger charge is -2.26. The predicted molar refractivity (Wildman–Crippen MR) is 133 cm³/mol. The number of rotatable bonds is 6. The molecule has 3 aromatic carbocycles. The average molecular weight is 473 g/mol. The molecule has 5 rings (SSSR count). The Morgan fingerprint density at radius 1 is 0.771 bits per heavy atom. The molecular formula is C28H26F2N4O. The van der Waals surface area contributed by atoms with Gasteiger partial charge in [-0.1, -0.05) is 6.42 Å². The number of halogens is 2. The molecule has 0 spiro atoms. The number of amides is 1. The predicted octanol–water partition coefficient (Wildman–Crippen LogP) is 5.46. The molecule has 0 atom stereocenters. The quantitative estimate of drug-likeness (QED) is 0.405. The minimum Gasteiger partial charge on any atom is -0.351 e. The minimum atomic E-state index is -0.352. The van der Waals surface area contributed by atoms with Crippen molar-refractivity contribution in [2.45, 2.75) is 19.3 Å². The molecule has 178 valence electrons. The molecule has 1 fully saturated rings. The first-order valence-corrected chi connectivity index (χ1v) is 11.9. The van der Waals surface area contributed by atoms with Gasteiger partial charge in [0.1, 0.15) is 11.6 Å². The fourth-order valence-electron chi connectivity index (χ4n) is 4.43. The highest BCUT2D eigenvalue weighted by molar-refractivity contribution is 5.98. The van der Waals surface area contributed by atoms with E-state index in [0.717, 1.165) is 19.6 Å². The Bertz CT molecular complexity index is 1330. The molecule has 1 aliphatic heterocycles. The lowest BCUT2D eigenvalue weighted by molar-refractivity contribution is 0.0946. The zero-order valence-electron chi connectivity index (χ0n) is 19.3. The van der Waals surface area contributed by atoms with Gasteiger partial charge in [0, 0.05) is 29.8 Å². The van der Waals surface area contributed by atoms with E-state index in [0.29, 0.717) is 45.7 Å². The number of piperidine rings is 1. The molecule has 4 aromatic rings. The summed E-state index contributed by atoms with van der Waals surface area (Å²) in [6.07, 6.45) is 3.71. The average Bonchev–Trinajstić information content (AvgIpc) is 2.89. The van der Waals surface area contributed by atoms with Gasteiger partial charge < -0.3 is 10.2 Å². The molecular weight excluding hydrogens is 446 g/mol. The van der Waals surface area contributed by atoms with Crippen molar-refractivity contribution in [1.29, 1.82) is 0 Å². The van der Waals surface area contributed by atoms with E-state index < -0.39 is 0 Å². The zero-order valence-corrected chi connectivity index (χ0v) is 19.3. The normalized spacial score (nSPS) is 14.2. The van der Waals surface area contributed by atoms with Gasteiger partial charge in [-0.2, -0.15) is 0 Å². The summed E-state index contributed by atoms with van der Waals surface area (Å²) in [7, 11) is 0. The Balaban J connectivity index is 1.45. The van der Waals surface area contributed by atoms with Gasteiger partial charge in [0.25, 0.3) is 5.91 Å². The molecule has 1 amide bonds. The van der Waals surface area contributed by atoms with E-state index in [1.165, 1.54) is 43.5 Å². The van der Waals surface area contributed by atoms with Crippen LogP contribution in [0.1, 0.15) is 29.6 Å². The van der Waals surface area contributed by atoms with E-state index in [1.54, 1.807) is 42.5 Å². The fraction of sp³-hybridized carbons (Fsp3) is 0.250. The summed E-state index contributed by atoms with van der Waals surface area (Å²) < 4.78 is 27.1. The highest BCUT2D eigenvalue weighted by Gasteiger charge is 2.16. The van der Waals surface area contributed by atoms with Crippen molar-refractivity contribution < 1.29 is 13.6 Å². The van der Waals surface area contributed by atoms with Crippen LogP contribution in [0.3, 0.4) is 0 Å². The van der Waals surface area contributed by atoms with E-state index >= 15 is 0 Å². The second kappa shape index (κ2) is 10.3. The topological polar surface area (TPSA) is 58.1 Å². The number of hydrogen-bond donors (Lipinski definition) is 1. The number of nitrogens with zero attached hydrogens (tertiary/aromatic N) is 3. The van der Waals surface area contributed by atoms with Gasteiger partial charge in [-0.15, -0.1) is 0 Å². The number of carbonyl (C=O) groups excluding carboxylic acids is 1. The second-order valence-corrected chi connectivity index (χ2v) is 8.80. The summed E-state index contributed by atoms with van der Waals surface area (Å²) in [4.78, 5) is 24.7. The van der Waals surface area contributed by atoms with E-state index in [-0.39, 0.29) is 17.5 Å². The molecule has 1 aromatic heterocycles. The maximum absolute atomic E-state index is 13.6. The zero-order chi connectivity index (χ0) is 24.2. The molecule has 2 heterocycles. The second-order valence-electron chi connectivity index (χ2n) is 8.80. The van der Waals surface area contributed by atoms with Crippen molar-refractivity contribution in [2.75, 3.05) is 26.2 Å². The van der Waals surface area contributed by atoms with Crippen LogP contribution in [0.2, 0.25) is 0 Å². The molecule has 0 radical (unpaired) electrons. The first-order valence-electron chi connectivity index (χ1n) is 11.9. The Labute approximate surface area is 202 Å². The summed E-state index contributed by atoms with van der Waals surface area (Å²) in [6.45, 7) is 3.61. The molecule has 1 aliphatic rings. The molecule has 0 unspecified atom stereocenters. The number of aromatic nitrogens is 2. The maximum Gasteiger partial charge on any atom is 0.251 e. The third-order valence-electron chi connectivity index (χ3n) is 6.32. The third kappa shape index (κ3) is 5.35.